The summed E-state index contributed by atoms with van der Waals surface area (Å²) in [4.78, 5) is 15.4. The van der Waals surface area contributed by atoms with E-state index in [1.165, 1.54) is 22.3 Å². The molecule has 0 aromatic heterocycles. The summed E-state index contributed by atoms with van der Waals surface area (Å²) in [5.41, 5.74) is 7.03. The molecule has 0 N–H and O–H groups in total. The zero-order valence-corrected chi connectivity index (χ0v) is 20.5. The summed E-state index contributed by atoms with van der Waals surface area (Å²) >= 11 is 6.58. The molecule has 0 spiro atoms. The van der Waals surface area contributed by atoms with Gasteiger partial charge in [0.05, 0.1) is 18.2 Å². The van der Waals surface area contributed by atoms with Gasteiger partial charge in [0.25, 0.3) is 0 Å². The van der Waals surface area contributed by atoms with Crippen LogP contribution >= 0.6 is 11.6 Å². The van der Waals surface area contributed by atoms with Gasteiger partial charge in [-0.05, 0) is 65.6 Å². The van der Waals surface area contributed by atoms with Crippen molar-refractivity contribution in [2.75, 3.05) is 13.7 Å². The van der Waals surface area contributed by atoms with Crippen LogP contribution in [0.5, 0.6) is 5.75 Å². The van der Waals surface area contributed by atoms with Crippen LogP contribution in [0.25, 0.3) is 16.7 Å². The molecule has 2 bridgehead atoms. The Morgan fingerprint density at radius 2 is 1.69 bits per heavy atom. The molecule has 3 aliphatic rings. The molecule has 0 saturated carbocycles. The van der Waals surface area contributed by atoms with E-state index in [0.717, 1.165) is 42.6 Å². The van der Waals surface area contributed by atoms with Gasteiger partial charge in [-0.3, -0.25) is 4.90 Å². The van der Waals surface area contributed by atoms with Gasteiger partial charge in [-0.1, -0.05) is 72.3 Å². The van der Waals surface area contributed by atoms with E-state index in [9.17, 15) is 4.79 Å². The number of methoxy groups -OCH3 is 1. The third-order valence-corrected chi connectivity index (χ3v) is 8.02. The van der Waals surface area contributed by atoms with Crippen LogP contribution in [0.3, 0.4) is 0 Å². The second kappa shape index (κ2) is 9.09. The summed E-state index contributed by atoms with van der Waals surface area (Å²) in [7, 11) is 1.67. The average Bonchev–Trinajstić information content (AvgIpc) is 3.20. The van der Waals surface area contributed by atoms with Crippen LogP contribution < -0.4 is 4.74 Å². The maximum Gasteiger partial charge on any atom is 0.410 e. The smallest absolute Gasteiger partial charge is 0.410 e. The van der Waals surface area contributed by atoms with E-state index >= 15 is 0 Å². The number of carbonyl (C=O) groups excluding carboxylic acids is 1. The molecule has 4 nitrogen and oxygen atoms in total. The first-order chi connectivity index (χ1) is 17.2. The second-order valence-electron chi connectivity index (χ2n) is 9.58. The number of fused-ring (bicyclic) bond motifs is 5. The maximum atomic E-state index is 13.4. The summed E-state index contributed by atoms with van der Waals surface area (Å²) in [5, 5.41) is 0.684. The molecule has 2 aliphatic heterocycles. The fraction of sp³-hybridized carbons (Fsp3) is 0.300. The molecule has 1 saturated heterocycles. The Hall–Kier alpha value is -3.24. The summed E-state index contributed by atoms with van der Waals surface area (Å²) in [6, 6.07) is 22.7. The van der Waals surface area contributed by atoms with Crippen molar-refractivity contribution in [3.05, 3.63) is 94.5 Å². The molecule has 1 aliphatic carbocycles. The van der Waals surface area contributed by atoms with Crippen LogP contribution in [0.2, 0.25) is 5.02 Å². The van der Waals surface area contributed by atoms with Crippen LogP contribution in [-0.4, -0.2) is 36.8 Å². The quantitative estimate of drug-likeness (QED) is 0.389. The van der Waals surface area contributed by atoms with Crippen molar-refractivity contribution < 1.29 is 14.3 Å². The van der Waals surface area contributed by atoms with Crippen molar-refractivity contribution in [3.63, 3.8) is 0 Å². The van der Waals surface area contributed by atoms with Crippen LogP contribution in [0.4, 0.5) is 4.79 Å². The Morgan fingerprint density at radius 1 is 0.971 bits per heavy atom. The first kappa shape index (κ1) is 22.2. The van der Waals surface area contributed by atoms with Crippen molar-refractivity contribution in [3.8, 4) is 16.9 Å². The minimum Gasteiger partial charge on any atom is -0.496 e. The van der Waals surface area contributed by atoms with Gasteiger partial charge in [0.15, 0.2) is 0 Å². The van der Waals surface area contributed by atoms with Crippen molar-refractivity contribution >= 4 is 23.3 Å². The highest BCUT2D eigenvalue weighted by Gasteiger charge is 2.39. The Kier molecular flexibility index (Phi) is 5.77. The lowest BCUT2D eigenvalue weighted by molar-refractivity contribution is 0.0539. The fourth-order valence-corrected chi connectivity index (χ4v) is 6.44. The van der Waals surface area contributed by atoms with Crippen molar-refractivity contribution in [1.82, 2.24) is 4.90 Å². The Labute approximate surface area is 211 Å². The molecule has 2 atom stereocenters. The van der Waals surface area contributed by atoms with Gasteiger partial charge in [-0.25, -0.2) is 4.79 Å². The Balaban J connectivity index is 1.24. The highest BCUT2D eigenvalue weighted by molar-refractivity contribution is 6.32. The lowest BCUT2D eigenvalue weighted by Crippen LogP contribution is -2.51. The van der Waals surface area contributed by atoms with E-state index in [0.29, 0.717) is 11.6 Å². The van der Waals surface area contributed by atoms with E-state index in [-0.39, 0.29) is 24.1 Å². The van der Waals surface area contributed by atoms with Crippen molar-refractivity contribution in [2.45, 2.75) is 43.7 Å². The fourth-order valence-electron chi connectivity index (χ4n) is 6.15. The number of nitrogens with zero attached hydrogens (tertiary/aromatic N) is 1. The van der Waals surface area contributed by atoms with Gasteiger partial charge >= 0.3 is 6.09 Å². The minimum atomic E-state index is -0.219. The van der Waals surface area contributed by atoms with Crippen LogP contribution in [-0.2, 0) is 4.74 Å². The normalized spacial score (nSPS) is 20.6. The number of ether oxygens (including phenoxy) is 2. The van der Waals surface area contributed by atoms with Crippen LogP contribution in [0.15, 0.2) is 72.8 Å². The predicted octanol–water partition coefficient (Wildman–Crippen LogP) is 7.31. The topological polar surface area (TPSA) is 38.8 Å². The van der Waals surface area contributed by atoms with E-state index < -0.39 is 0 Å². The molecular weight excluding hydrogens is 458 g/mol. The van der Waals surface area contributed by atoms with E-state index in [2.05, 4.69) is 54.6 Å². The van der Waals surface area contributed by atoms with Crippen molar-refractivity contribution in [2.24, 2.45) is 0 Å². The molecule has 0 radical (unpaired) electrons. The maximum absolute atomic E-state index is 13.4. The molecule has 1 amide bonds. The minimum absolute atomic E-state index is 0.00845. The Bertz CT molecular complexity index is 1270. The highest BCUT2D eigenvalue weighted by Crippen LogP contribution is 2.45. The van der Waals surface area contributed by atoms with Crippen molar-refractivity contribution in [1.29, 1.82) is 0 Å². The number of amides is 1. The van der Waals surface area contributed by atoms with Gasteiger partial charge < -0.3 is 9.47 Å². The lowest BCUT2D eigenvalue weighted by atomic mass is 9.83. The van der Waals surface area contributed by atoms with Gasteiger partial charge in [-0.2, -0.15) is 0 Å². The Morgan fingerprint density at radius 3 is 2.37 bits per heavy atom. The van der Waals surface area contributed by atoms with Gasteiger partial charge in [0, 0.05) is 17.5 Å². The van der Waals surface area contributed by atoms with E-state index in [4.69, 9.17) is 21.1 Å². The zero-order valence-electron chi connectivity index (χ0n) is 19.7. The summed E-state index contributed by atoms with van der Waals surface area (Å²) in [6.07, 6.45) is 5.72. The number of halogens is 1. The first-order valence-corrected chi connectivity index (χ1v) is 12.7. The zero-order chi connectivity index (χ0) is 23.9. The van der Waals surface area contributed by atoms with Gasteiger partial charge in [0.1, 0.15) is 12.4 Å². The summed E-state index contributed by atoms with van der Waals surface area (Å²) in [5.74, 6) is 0.839. The van der Waals surface area contributed by atoms with E-state index in [1.807, 2.05) is 23.1 Å². The molecular formula is C30H28ClNO3. The molecule has 178 valence electrons. The second-order valence-corrected chi connectivity index (χ2v) is 9.98. The molecule has 3 aromatic carbocycles. The average molecular weight is 486 g/mol. The van der Waals surface area contributed by atoms with Gasteiger partial charge in [0.2, 0.25) is 0 Å². The predicted molar refractivity (Wildman–Crippen MR) is 139 cm³/mol. The van der Waals surface area contributed by atoms with E-state index in [1.54, 1.807) is 7.11 Å². The number of carbonyl (C=O) groups is 1. The first-order valence-electron chi connectivity index (χ1n) is 12.3. The standard InChI is InChI=1S/C30H28ClNO3/c1-34-28-15-7-14-27(31)29(28)19-16-20-8-6-9-21(17-19)32(20)30(33)35-18-26-24-12-4-2-10-22(24)23-11-3-5-13-25(23)26/h2-5,7,10-16,20-21,26H,6,8-9,17-18H2,1H3. The molecule has 1 fully saturated rings. The SMILES string of the molecule is COc1cccc(Cl)c1C1=CC2CCCC(C1)N2C(=O)OCC1c2ccccc2-c2ccccc21. The lowest BCUT2D eigenvalue weighted by Gasteiger charge is -2.44. The van der Waals surface area contributed by atoms with Gasteiger partial charge in [-0.15, -0.1) is 0 Å². The third kappa shape index (κ3) is 3.81. The number of rotatable bonds is 4. The van der Waals surface area contributed by atoms with Crippen LogP contribution in [0.1, 0.15) is 48.3 Å². The molecule has 3 aromatic rings. The highest BCUT2D eigenvalue weighted by atomic mass is 35.5. The van der Waals surface area contributed by atoms with Crippen LogP contribution in [0, 0.1) is 0 Å². The third-order valence-electron chi connectivity index (χ3n) is 7.70. The summed E-state index contributed by atoms with van der Waals surface area (Å²) < 4.78 is 11.6. The number of hydrogen-bond acceptors (Lipinski definition) is 3. The molecule has 2 unspecified atom stereocenters. The molecule has 5 heteroatoms. The summed E-state index contributed by atoms with van der Waals surface area (Å²) in [6.45, 7) is 0.345. The monoisotopic (exact) mass is 485 g/mol. The number of hydrogen-bond donors (Lipinski definition) is 0. The molecule has 2 heterocycles. The number of benzene rings is 3. The molecule has 35 heavy (non-hydrogen) atoms. The number of piperidine rings is 1. The molecule has 6 rings (SSSR count). The largest absolute Gasteiger partial charge is 0.496 e.